The number of hydrogen-bond donors (Lipinski definition) is 0. The number of nitrogens with zero attached hydrogens (tertiary/aromatic N) is 5. The van der Waals surface area contributed by atoms with Gasteiger partial charge in [0.05, 0.1) is 38.8 Å². The summed E-state index contributed by atoms with van der Waals surface area (Å²) in [7, 11) is 0. The number of rotatable bonds is 4. The second-order valence-electron chi connectivity index (χ2n) is 5.97. The van der Waals surface area contributed by atoms with Crippen molar-refractivity contribution in [2.24, 2.45) is 0 Å². The molecule has 11 nitrogen and oxygen atoms in total. The van der Waals surface area contributed by atoms with Gasteiger partial charge in [-0.3, -0.25) is 19.3 Å². The summed E-state index contributed by atoms with van der Waals surface area (Å²) in [5.74, 6) is -1.37. The van der Waals surface area contributed by atoms with Crippen molar-refractivity contribution in [1.29, 1.82) is 5.26 Å². The number of carbonyl (C=O) groups excluding carboxylic acids is 3. The first-order valence-electron chi connectivity index (χ1n) is 8.70. The molecule has 0 spiro atoms. The average molecular weight is 385 g/mol. The van der Waals surface area contributed by atoms with Crippen LogP contribution < -0.4 is 0 Å². The third-order valence-electron chi connectivity index (χ3n) is 3.60. The molecule has 1 rings (SSSR count). The lowest BCUT2D eigenvalue weighted by atomic mass is 10.4. The zero-order valence-electron chi connectivity index (χ0n) is 16.0. The van der Waals surface area contributed by atoms with Crippen LogP contribution >= 0.6 is 0 Å². The molecule has 0 amide bonds. The summed E-state index contributed by atoms with van der Waals surface area (Å²) in [5, 5.41) is 13.4. The highest BCUT2D eigenvalue weighted by atomic mass is 16.7. The van der Waals surface area contributed by atoms with Gasteiger partial charge in [-0.05, 0) is 0 Å². The predicted octanol–water partition coefficient (Wildman–Crippen LogP) is -0.834. The van der Waals surface area contributed by atoms with Crippen LogP contribution in [0.25, 0.3) is 0 Å². The van der Waals surface area contributed by atoms with E-state index in [0.717, 1.165) is 0 Å². The summed E-state index contributed by atoms with van der Waals surface area (Å²) in [6.07, 6.45) is 0. The first-order chi connectivity index (χ1) is 12.8. The van der Waals surface area contributed by atoms with Crippen LogP contribution in [-0.4, -0.2) is 96.9 Å². The van der Waals surface area contributed by atoms with E-state index >= 15 is 0 Å². The van der Waals surface area contributed by atoms with E-state index in [0.29, 0.717) is 52.4 Å². The van der Waals surface area contributed by atoms with Crippen LogP contribution in [0.4, 0.5) is 0 Å². The molecular weight excluding hydrogens is 358 g/mol. The van der Waals surface area contributed by atoms with E-state index in [1.165, 1.54) is 36.0 Å². The van der Waals surface area contributed by atoms with Crippen molar-refractivity contribution in [3.63, 3.8) is 0 Å². The van der Waals surface area contributed by atoms with Crippen molar-refractivity contribution in [1.82, 2.24) is 20.1 Å². The topological polar surface area (TPSA) is 116 Å². The normalized spacial score (nSPS) is 19.2. The molecule has 0 atom stereocenters. The summed E-state index contributed by atoms with van der Waals surface area (Å²) in [5.41, 5.74) is 0. The predicted molar refractivity (Wildman–Crippen MR) is 92.1 cm³/mol. The molecule has 152 valence electrons. The average Bonchev–Trinajstić information content (AvgIpc) is 2.56. The SMILES string of the molecule is CC(=O)ON1CCN(CC#N)CCN(OC(C)=O)CCN(OC(C)=O)CC1. The minimum Gasteiger partial charge on any atom is -0.368 e. The molecule has 0 unspecified atom stereocenters. The van der Waals surface area contributed by atoms with Crippen molar-refractivity contribution in [2.45, 2.75) is 20.8 Å². The summed E-state index contributed by atoms with van der Waals surface area (Å²) < 4.78 is 0. The first-order valence-corrected chi connectivity index (χ1v) is 8.70. The minimum absolute atomic E-state index is 0.196. The third kappa shape index (κ3) is 10.5. The lowest BCUT2D eigenvalue weighted by molar-refractivity contribution is -0.217. The molecule has 11 heteroatoms. The van der Waals surface area contributed by atoms with Crippen molar-refractivity contribution < 1.29 is 28.9 Å². The highest BCUT2D eigenvalue weighted by Gasteiger charge is 2.20. The molecular formula is C16H27N5O6. The van der Waals surface area contributed by atoms with Crippen LogP contribution in [-0.2, 0) is 28.9 Å². The van der Waals surface area contributed by atoms with Crippen LogP contribution in [0.3, 0.4) is 0 Å². The first kappa shape index (κ1) is 22.8. The second kappa shape index (κ2) is 12.2. The van der Waals surface area contributed by atoms with Crippen LogP contribution in [0.1, 0.15) is 20.8 Å². The van der Waals surface area contributed by atoms with Gasteiger partial charge in [-0.25, -0.2) is 0 Å². The van der Waals surface area contributed by atoms with Crippen LogP contribution in [0.15, 0.2) is 0 Å². The smallest absolute Gasteiger partial charge is 0.322 e. The Morgan fingerprint density at radius 2 is 1.00 bits per heavy atom. The summed E-state index contributed by atoms with van der Waals surface area (Å²) in [4.78, 5) is 51.4. The molecule has 1 saturated heterocycles. The highest BCUT2D eigenvalue weighted by molar-refractivity contribution is 5.66. The monoisotopic (exact) mass is 385 g/mol. The van der Waals surface area contributed by atoms with E-state index < -0.39 is 17.9 Å². The van der Waals surface area contributed by atoms with Gasteiger partial charge in [0, 0.05) is 47.0 Å². The molecule has 0 N–H and O–H groups in total. The molecule has 0 bridgehead atoms. The lowest BCUT2D eigenvalue weighted by Crippen LogP contribution is -2.46. The lowest BCUT2D eigenvalue weighted by Gasteiger charge is -2.31. The van der Waals surface area contributed by atoms with E-state index in [2.05, 4.69) is 6.07 Å². The fourth-order valence-electron chi connectivity index (χ4n) is 2.48. The molecule has 0 aromatic carbocycles. The zero-order chi connectivity index (χ0) is 20.2. The minimum atomic E-state index is -0.472. The largest absolute Gasteiger partial charge is 0.368 e. The maximum atomic E-state index is 11.3. The van der Waals surface area contributed by atoms with Crippen molar-refractivity contribution in [3.05, 3.63) is 0 Å². The Morgan fingerprint density at radius 3 is 1.26 bits per heavy atom. The fourth-order valence-corrected chi connectivity index (χ4v) is 2.48. The summed E-state index contributed by atoms with van der Waals surface area (Å²) in [6.45, 7) is 7.01. The van der Waals surface area contributed by atoms with Gasteiger partial charge < -0.3 is 14.5 Å². The van der Waals surface area contributed by atoms with Crippen LogP contribution in [0.5, 0.6) is 0 Å². The van der Waals surface area contributed by atoms with E-state index in [1.54, 1.807) is 0 Å². The second-order valence-corrected chi connectivity index (χ2v) is 5.97. The molecule has 0 saturated carbocycles. The highest BCUT2D eigenvalue weighted by Crippen LogP contribution is 2.03. The Balaban J connectivity index is 2.87. The van der Waals surface area contributed by atoms with Gasteiger partial charge in [-0.15, -0.1) is 15.2 Å². The Kier molecular flexibility index (Phi) is 10.3. The van der Waals surface area contributed by atoms with Gasteiger partial charge >= 0.3 is 17.9 Å². The van der Waals surface area contributed by atoms with Gasteiger partial charge in [0.15, 0.2) is 0 Å². The maximum Gasteiger partial charge on any atom is 0.322 e. The Morgan fingerprint density at radius 1 is 0.704 bits per heavy atom. The van der Waals surface area contributed by atoms with E-state index in [-0.39, 0.29) is 6.54 Å². The summed E-state index contributed by atoms with van der Waals surface area (Å²) in [6, 6.07) is 2.10. The molecule has 1 aliphatic rings. The van der Waals surface area contributed by atoms with E-state index in [1.807, 2.05) is 4.90 Å². The molecule has 27 heavy (non-hydrogen) atoms. The van der Waals surface area contributed by atoms with E-state index in [9.17, 15) is 14.4 Å². The maximum absolute atomic E-state index is 11.3. The Hall–Kier alpha value is -2.26. The Bertz CT molecular complexity index is 520. The molecule has 1 aliphatic heterocycles. The summed E-state index contributed by atoms with van der Waals surface area (Å²) >= 11 is 0. The number of nitriles is 1. The van der Waals surface area contributed by atoms with Gasteiger partial charge in [0.2, 0.25) is 0 Å². The Labute approximate surface area is 158 Å². The van der Waals surface area contributed by atoms with Crippen LogP contribution in [0.2, 0.25) is 0 Å². The van der Waals surface area contributed by atoms with Crippen molar-refractivity contribution in [2.75, 3.05) is 58.9 Å². The zero-order valence-corrected chi connectivity index (χ0v) is 16.0. The van der Waals surface area contributed by atoms with E-state index in [4.69, 9.17) is 19.8 Å². The van der Waals surface area contributed by atoms with Gasteiger partial charge in [0.25, 0.3) is 0 Å². The van der Waals surface area contributed by atoms with Gasteiger partial charge in [-0.1, -0.05) is 0 Å². The molecule has 0 radical (unpaired) electrons. The van der Waals surface area contributed by atoms with Gasteiger partial charge in [0.1, 0.15) is 0 Å². The van der Waals surface area contributed by atoms with Crippen LogP contribution in [0, 0.1) is 11.3 Å². The van der Waals surface area contributed by atoms with Gasteiger partial charge in [-0.2, -0.15) is 5.26 Å². The molecule has 0 aromatic rings. The number of hydrogen-bond acceptors (Lipinski definition) is 11. The number of hydroxylamine groups is 6. The fraction of sp³-hybridized carbons (Fsp3) is 0.750. The van der Waals surface area contributed by atoms with Crippen molar-refractivity contribution in [3.8, 4) is 6.07 Å². The number of carbonyl (C=O) groups is 3. The third-order valence-corrected chi connectivity index (χ3v) is 3.60. The standard InChI is InChI=1S/C16H27N5O6/c1-14(22)25-19-8-6-18(5-4-17)7-9-20(26-15(2)23)11-13-21(12-10-19)27-16(3)24/h5-13H2,1-3H3. The van der Waals surface area contributed by atoms with Crippen molar-refractivity contribution >= 4 is 17.9 Å². The molecule has 1 heterocycles. The molecule has 0 aliphatic carbocycles. The molecule has 0 aromatic heterocycles. The quantitative estimate of drug-likeness (QED) is 0.564. The molecule has 1 fully saturated rings.